The lowest BCUT2D eigenvalue weighted by Crippen LogP contribution is -2.13. The van der Waals surface area contributed by atoms with Crippen molar-refractivity contribution in [3.05, 3.63) is 77.2 Å². The van der Waals surface area contributed by atoms with Crippen molar-refractivity contribution in [1.82, 2.24) is 24.5 Å². The number of rotatable bonds is 3. The molecule has 0 atom stereocenters. The van der Waals surface area contributed by atoms with Crippen molar-refractivity contribution >= 4 is 49.9 Å². The van der Waals surface area contributed by atoms with Gasteiger partial charge < -0.3 is 4.98 Å². The van der Waals surface area contributed by atoms with Gasteiger partial charge in [0.25, 0.3) is 5.91 Å². The van der Waals surface area contributed by atoms with E-state index in [0.29, 0.717) is 17.3 Å². The Kier molecular flexibility index (Phi) is 3.91. The Labute approximate surface area is 167 Å². The molecule has 0 aliphatic heterocycles. The number of hydrogen-bond acceptors (Lipinski definition) is 4. The minimum absolute atomic E-state index is 0.285. The lowest BCUT2D eigenvalue weighted by molar-refractivity contribution is 0.102. The van der Waals surface area contributed by atoms with E-state index in [4.69, 9.17) is 0 Å². The first kappa shape index (κ1) is 16.6. The largest absolute Gasteiger partial charge is 0.324 e. The number of carbonyl (C=O) groups excluding carboxylic acids is 1. The van der Waals surface area contributed by atoms with Crippen LogP contribution in [0, 0.1) is 0 Å². The van der Waals surface area contributed by atoms with Crippen molar-refractivity contribution in [3.63, 3.8) is 0 Å². The van der Waals surface area contributed by atoms with Gasteiger partial charge in [-0.2, -0.15) is 0 Å². The maximum Gasteiger partial charge on any atom is 0.259 e. The van der Waals surface area contributed by atoms with E-state index in [-0.39, 0.29) is 5.91 Å². The molecule has 2 aromatic carbocycles. The van der Waals surface area contributed by atoms with Crippen molar-refractivity contribution in [3.8, 4) is 5.82 Å². The predicted molar refractivity (Wildman–Crippen MR) is 111 cm³/mol. The van der Waals surface area contributed by atoms with Gasteiger partial charge in [0.15, 0.2) is 0 Å². The molecule has 0 fully saturated rings. The molecule has 3 heterocycles. The molecule has 2 N–H and O–H groups in total. The molecule has 0 spiro atoms. The number of pyridine rings is 1. The lowest BCUT2D eigenvalue weighted by atomic mass is 10.2. The van der Waals surface area contributed by atoms with E-state index in [2.05, 4.69) is 41.2 Å². The van der Waals surface area contributed by atoms with Gasteiger partial charge >= 0.3 is 0 Å². The fourth-order valence-electron chi connectivity index (χ4n) is 3.03. The fourth-order valence-corrected chi connectivity index (χ4v) is 3.39. The molecule has 28 heavy (non-hydrogen) atoms. The number of aromatic nitrogens is 5. The number of anilines is 1. The van der Waals surface area contributed by atoms with E-state index >= 15 is 0 Å². The van der Waals surface area contributed by atoms with Gasteiger partial charge in [0.05, 0.1) is 27.6 Å². The van der Waals surface area contributed by atoms with Gasteiger partial charge in [-0.3, -0.25) is 14.7 Å². The highest BCUT2D eigenvalue weighted by molar-refractivity contribution is 9.10. The first-order valence-corrected chi connectivity index (χ1v) is 9.32. The Balaban J connectivity index is 1.39. The van der Waals surface area contributed by atoms with Crippen LogP contribution in [0.15, 0.2) is 71.6 Å². The summed E-state index contributed by atoms with van der Waals surface area (Å²) < 4.78 is 2.82. The van der Waals surface area contributed by atoms with Gasteiger partial charge in [0.2, 0.25) is 5.95 Å². The highest BCUT2D eigenvalue weighted by Gasteiger charge is 2.11. The molecule has 5 rings (SSSR count). The van der Waals surface area contributed by atoms with Gasteiger partial charge in [0.1, 0.15) is 12.1 Å². The SMILES string of the molecule is O=C(Nc1nc2ccc(Br)cc2[nH]1)c1ccc(-n2cnc3ccccc32)nc1. The first-order chi connectivity index (χ1) is 13.7. The Morgan fingerprint density at radius 1 is 1.04 bits per heavy atom. The second-order valence-corrected chi connectivity index (χ2v) is 7.13. The van der Waals surface area contributed by atoms with E-state index in [0.717, 1.165) is 26.5 Å². The van der Waals surface area contributed by atoms with Crippen LogP contribution < -0.4 is 5.32 Å². The average Bonchev–Trinajstić information content (AvgIpc) is 3.31. The van der Waals surface area contributed by atoms with Crippen LogP contribution in [0.25, 0.3) is 27.9 Å². The van der Waals surface area contributed by atoms with Crippen molar-refractivity contribution in [2.75, 3.05) is 5.32 Å². The molecule has 0 saturated carbocycles. The van der Waals surface area contributed by atoms with Gasteiger partial charge in [-0.1, -0.05) is 28.1 Å². The van der Waals surface area contributed by atoms with Gasteiger partial charge in [0, 0.05) is 10.7 Å². The number of nitrogens with one attached hydrogen (secondary N) is 2. The molecule has 1 amide bonds. The summed E-state index contributed by atoms with van der Waals surface area (Å²) in [4.78, 5) is 28.8. The molecule has 0 saturated heterocycles. The number of imidazole rings is 2. The number of nitrogens with zero attached hydrogens (tertiary/aromatic N) is 4. The first-order valence-electron chi connectivity index (χ1n) is 8.52. The molecule has 0 aliphatic rings. The summed E-state index contributed by atoms with van der Waals surface area (Å²) in [5, 5.41) is 2.77. The van der Waals surface area contributed by atoms with E-state index in [1.54, 1.807) is 24.7 Å². The minimum atomic E-state index is -0.285. The molecule has 0 unspecified atom stereocenters. The number of hydrogen-bond donors (Lipinski definition) is 2. The van der Waals surface area contributed by atoms with Crippen LogP contribution >= 0.6 is 15.9 Å². The molecular weight excluding hydrogens is 420 g/mol. The highest BCUT2D eigenvalue weighted by Crippen LogP contribution is 2.20. The fraction of sp³-hybridized carbons (Fsp3) is 0. The topological polar surface area (TPSA) is 88.5 Å². The van der Waals surface area contributed by atoms with Gasteiger partial charge in [-0.15, -0.1) is 0 Å². The summed E-state index contributed by atoms with van der Waals surface area (Å²) in [6.07, 6.45) is 3.26. The maximum absolute atomic E-state index is 12.5. The number of H-pyrrole nitrogens is 1. The number of carbonyl (C=O) groups is 1. The van der Waals surface area contributed by atoms with Crippen LogP contribution in [-0.4, -0.2) is 30.4 Å². The standard InChI is InChI=1S/C20H13BrN6O/c21-13-6-7-14-16(9-13)25-20(24-14)26-19(28)12-5-8-18(22-10-12)27-11-23-15-3-1-2-4-17(15)27/h1-11H,(H2,24,25,26,28). The summed E-state index contributed by atoms with van der Waals surface area (Å²) in [6.45, 7) is 0. The summed E-state index contributed by atoms with van der Waals surface area (Å²) in [5.74, 6) is 0.800. The normalized spacial score (nSPS) is 11.2. The summed E-state index contributed by atoms with van der Waals surface area (Å²) >= 11 is 3.42. The summed E-state index contributed by atoms with van der Waals surface area (Å²) in [5.41, 5.74) is 3.90. The van der Waals surface area contributed by atoms with E-state index in [9.17, 15) is 4.79 Å². The second kappa shape index (κ2) is 6.58. The third-order valence-corrected chi connectivity index (χ3v) is 4.88. The predicted octanol–water partition coefficient (Wildman–Crippen LogP) is 4.31. The molecule has 3 aromatic heterocycles. The monoisotopic (exact) mass is 432 g/mol. The van der Waals surface area contributed by atoms with E-state index in [1.807, 2.05) is 47.0 Å². The zero-order valence-corrected chi connectivity index (χ0v) is 16.0. The number of fused-ring (bicyclic) bond motifs is 2. The molecule has 136 valence electrons. The zero-order chi connectivity index (χ0) is 19.1. The van der Waals surface area contributed by atoms with E-state index in [1.165, 1.54) is 0 Å². The van der Waals surface area contributed by atoms with Gasteiger partial charge in [-0.25, -0.2) is 15.0 Å². The molecule has 0 aliphatic carbocycles. The number of benzene rings is 2. The van der Waals surface area contributed by atoms with Crippen LogP contribution in [0.5, 0.6) is 0 Å². The number of amides is 1. The smallest absolute Gasteiger partial charge is 0.259 e. The third kappa shape index (κ3) is 2.93. The van der Waals surface area contributed by atoms with Crippen molar-refractivity contribution in [1.29, 1.82) is 0 Å². The number of aromatic amines is 1. The van der Waals surface area contributed by atoms with E-state index < -0.39 is 0 Å². The van der Waals surface area contributed by atoms with Crippen LogP contribution in [0.3, 0.4) is 0 Å². The van der Waals surface area contributed by atoms with Crippen molar-refractivity contribution in [2.45, 2.75) is 0 Å². The van der Waals surface area contributed by atoms with Gasteiger partial charge in [-0.05, 0) is 42.5 Å². The Morgan fingerprint density at radius 3 is 2.79 bits per heavy atom. The Bertz CT molecular complexity index is 1320. The maximum atomic E-state index is 12.5. The molecule has 0 radical (unpaired) electrons. The quantitative estimate of drug-likeness (QED) is 0.444. The van der Waals surface area contributed by atoms with Crippen molar-refractivity contribution < 1.29 is 4.79 Å². The van der Waals surface area contributed by atoms with Crippen LogP contribution in [0.1, 0.15) is 10.4 Å². The molecule has 5 aromatic rings. The van der Waals surface area contributed by atoms with Crippen LogP contribution in [0.2, 0.25) is 0 Å². The lowest BCUT2D eigenvalue weighted by Gasteiger charge is -2.05. The number of para-hydroxylation sites is 2. The van der Waals surface area contributed by atoms with Crippen molar-refractivity contribution in [2.24, 2.45) is 0 Å². The Hall–Kier alpha value is -3.52. The third-order valence-electron chi connectivity index (χ3n) is 4.39. The summed E-state index contributed by atoms with van der Waals surface area (Å²) in [7, 11) is 0. The summed E-state index contributed by atoms with van der Waals surface area (Å²) in [6, 6.07) is 17.0. The minimum Gasteiger partial charge on any atom is -0.324 e. The Morgan fingerprint density at radius 2 is 1.93 bits per heavy atom. The zero-order valence-electron chi connectivity index (χ0n) is 14.4. The van der Waals surface area contributed by atoms with Crippen LogP contribution in [-0.2, 0) is 0 Å². The molecule has 8 heteroatoms. The highest BCUT2D eigenvalue weighted by atomic mass is 79.9. The number of halogens is 1. The van der Waals surface area contributed by atoms with Crippen LogP contribution in [0.4, 0.5) is 5.95 Å². The average molecular weight is 433 g/mol. The molecular formula is C20H13BrN6O. The second-order valence-electron chi connectivity index (χ2n) is 6.21. The molecule has 7 nitrogen and oxygen atoms in total. The molecule has 0 bridgehead atoms.